The molecule has 138 valence electrons. The van der Waals surface area contributed by atoms with E-state index < -0.39 is 0 Å². The van der Waals surface area contributed by atoms with Gasteiger partial charge in [0.05, 0.1) is 0 Å². The molecule has 4 aromatic rings. The number of benzene rings is 2. The smallest absolute Gasteiger partial charge is 0.366 e. The van der Waals surface area contributed by atoms with Gasteiger partial charge in [-0.3, -0.25) is 15.9 Å². The molecule has 3 heteroatoms. The molecule has 0 N–H and O–H groups in total. The number of hydrogen-bond donors (Lipinski definition) is 0. The van der Waals surface area contributed by atoms with Crippen molar-refractivity contribution in [3.8, 4) is 28.4 Å². The molecule has 0 fully saturated rings. The van der Waals surface area contributed by atoms with E-state index in [0.717, 1.165) is 28.1 Å². The molecule has 0 aliphatic carbocycles. The van der Waals surface area contributed by atoms with Crippen LogP contribution in [0.3, 0.4) is 0 Å². The second-order valence-electron chi connectivity index (χ2n) is 5.91. The summed E-state index contributed by atoms with van der Waals surface area (Å²) < 4.78 is 0. The van der Waals surface area contributed by atoms with Crippen LogP contribution < -0.4 is 0 Å². The third-order valence-electron chi connectivity index (χ3n) is 3.81. The van der Waals surface area contributed by atoms with Crippen LogP contribution in [0.15, 0.2) is 91.3 Å². The molecule has 0 unspecified atom stereocenters. The minimum Gasteiger partial charge on any atom is -0.366 e. The zero-order chi connectivity index (χ0) is 18.9. The van der Waals surface area contributed by atoms with Crippen molar-refractivity contribution in [2.24, 2.45) is 0 Å². The molecule has 0 spiro atoms. The summed E-state index contributed by atoms with van der Waals surface area (Å²) >= 11 is 0. The summed E-state index contributed by atoms with van der Waals surface area (Å²) in [5.74, 6) is 2.28. The summed E-state index contributed by atoms with van der Waals surface area (Å²) in [5.41, 5.74) is 5.88. The zero-order valence-corrected chi connectivity index (χ0v) is 17.6. The summed E-state index contributed by atoms with van der Waals surface area (Å²) in [6.07, 6.45) is 10.3. The van der Waals surface area contributed by atoms with E-state index in [4.69, 9.17) is 6.42 Å². The van der Waals surface area contributed by atoms with E-state index in [0.29, 0.717) is 0 Å². The van der Waals surface area contributed by atoms with Gasteiger partial charge in [-0.1, -0.05) is 60.5 Å². The molecule has 0 radical (unpaired) electrons. The van der Waals surface area contributed by atoms with Gasteiger partial charge in [-0.05, 0) is 12.1 Å². The average Bonchev–Trinajstić information content (AvgIpc) is 2.75. The Kier molecular flexibility index (Phi) is 8.34. The molecule has 2 aromatic heterocycles. The van der Waals surface area contributed by atoms with Crippen LogP contribution >= 0.6 is 0 Å². The minimum absolute atomic E-state index is 0. The Morgan fingerprint density at radius 3 is 1.64 bits per heavy atom. The molecule has 28 heavy (non-hydrogen) atoms. The SMILES string of the molecule is Cc1cc(-c2ccccn2)[c-]c(-c2ccccn2)c1.[C-]#Cc1ccccc1.[Pt+2]. The maximum atomic E-state index is 6.69. The van der Waals surface area contributed by atoms with Gasteiger partial charge in [-0.15, -0.1) is 41.5 Å². The van der Waals surface area contributed by atoms with Crippen molar-refractivity contribution in [3.05, 3.63) is 115 Å². The van der Waals surface area contributed by atoms with Gasteiger partial charge in [-0.2, -0.15) is 0 Å². The number of aromatic nitrogens is 2. The van der Waals surface area contributed by atoms with Crippen LogP contribution in [0, 0.1) is 25.3 Å². The Morgan fingerprint density at radius 1 is 0.750 bits per heavy atom. The summed E-state index contributed by atoms with van der Waals surface area (Å²) in [6.45, 7) is 2.08. The van der Waals surface area contributed by atoms with Gasteiger partial charge in [0.2, 0.25) is 0 Å². The zero-order valence-electron chi connectivity index (χ0n) is 15.4. The fraction of sp³-hybridized carbons (Fsp3) is 0.0400. The number of rotatable bonds is 2. The number of nitrogens with zero attached hydrogens (tertiary/aromatic N) is 2. The molecule has 0 bridgehead atoms. The second kappa shape index (κ2) is 11.0. The largest absolute Gasteiger partial charge is 2.00 e. The van der Waals surface area contributed by atoms with Gasteiger partial charge >= 0.3 is 21.1 Å². The molecule has 4 rings (SSSR count). The molecule has 0 aliphatic heterocycles. The van der Waals surface area contributed by atoms with E-state index >= 15 is 0 Å². The van der Waals surface area contributed by atoms with Crippen LogP contribution in [0.5, 0.6) is 0 Å². The van der Waals surface area contributed by atoms with Crippen LogP contribution in [0.4, 0.5) is 0 Å². The molecule has 0 saturated carbocycles. The van der Waals surface area contributed by atoms with Gasteiger partial charge in [0.15, 0.2) is 0 Å². The van der Waals surface area contributed by atoms with Crippen molar-refractivity contribution in [1.82, 2.24) is 9.97 Å². The molecule has 0 amide bonds. The standard InChI is InChI=1S/C17H13N2.C8H5.Pt/c1-13-10-14(16-6-2-4-8-18-16)12-15(11-13)17-7-3-5-9-19-17;1-2-8-6-4-3-5-7-8;/h2-11H,1H3;3-7H;/q2*-1;+2. The monoisotopic (exact) mass is 541 g/mol. The topological polar surface area (TPSA) is 25.8 Å². The minimum atomic E-state index is 0. The fourth-order valence-corrected chi connectivity index (χ4v) is 2.56. The number of pyridine rings is 2. The van der Waals surface area contributed by atoms with Crippen LogP contribution in [0.1, 0.15) is 11.1 Å². The molecule has 0 atom stereocenters. The van der Waals surface area contributed by atoms with Gasteiger partial charge in [0.25, 0.3) is 0 Å². The Morgan fingerprint density at radius 2 is 1.25 bits per heavy atom. The Bertz CT molecular complexity index is 967. The first-order valence-electron chi connectivity index (χ1n) is 8.61. The Balaban J connectivity index is 0.000000264. The van der Waals surface area contributed by atoms with Crippen molar-refractivity contribution >= 4 is 0 Å². The van der Waals surface area contributed by atoms with Gasteiger partial charge in [0.1, 0.15) is 0 Å². The first-order valence-corrected chi connectivity index (χ1v) is 8.61. The van der Waals surface area contributed by atoms with Crippen LogP contribution in [0.2, 0.25) is 0 Å². The second-order valence-corrected chi connectivity index (χ2v) is 5.91. The van der Waals surface area contributed by atoms with Crippen molar-refractivity contribution in [1.29, 1.82) is 0 Å². The van der Waals surface area contributed by atoms with E-state index in [9.17, 15) is 0 Å². The van der Waals surface area contributed by atoms with Crippen LogP contribution in [0.25, 0.3) is 22.5 Å². The summed E-state index contributed by atoms with van der Waals surface area (Å²) in [5, 5.41) is 0. The summed E-state index contributed by atoms with van der Waals surface area (Å²) in [4.78, 5) is 8.75. The fourth-order valence-electron chi connectivity index (χ4n) is 2.56. The van der Waals surface area contributed by atoms with Crippen molar-refractivity contribution < 1.29 is 21.1 Å². The summed E-state index contributed by atoms with van der Waals surface area (Å²) in [6, 6.07) is 28.7. The first kappa shape index (κ1) is 21.3. The number of aryl methyl sites for hydroxylation is 1. The van der Waals surface area contributed by atoms with Gasteiger partial charge < -0.3 is 6.42 Å². The molecular weight excluding hydrogens is 523 g/mol. The molecule has 2 aromatic carbocycles. The molecule has 0 saturated heterocycles. The normalized spacial score (nSPS) is 9.29. The van der Waals surface area contributed by atoms with E-state index in [-0.39, 0.29) is 21.1 Å². The van der Waals surface area contributed by atoms with E-state index in [2.05, 4.69) is 41.0 Å². The van der Waals surface area contributed by atoms with E-state index in [1.807, 2.05) is 66.7 Å². The summed E-state index contributed by atoms with van der Waals surface area (Å²) in [7, 11) is 0. The maximum absolute atomic E-state index is 6.69. The molecule has 2 nitrogen and oxygen atoms in total. The van der Waals surface area contributed by atoms with Gasteiger partial charge in [-0.25, -0.2) is 0 Å². The van der Waals surface area contributed by atoms with E-state index in [1.54, 1.807) is 12.4 Å². The Hall–Kier alpha value is -3.01. The van der Waals surface area contributed by atoms with Crippen molar-refractivity contribution in [3.63, 3.8) is 0 Å². The van der Waals surface area contributed by atoms with Crippen molar-refractivity contribution in [2.45, 2.75) is 6.92 Å². The van der Waals surface area contributed by atoms with Crippen LogP contribution in [-0.4, -0.2) is 9.97 Å². The van der Waals surface area contributed by atoms with E-state index in [1.165, 1.54) is 5.56 Å². The van der Waals surface area contributed by atoms with Crippen LogP contribution in [-0.2, 0) is 21.1 Å². The third kappa shape index (κ3) is 6.01. The average molecular weight is 542 g/mol. The van der Waals surface area contributed by atoms with Crippen molar-refractivity contribution in [2.75, 3.05) is 0 Å². The molecule has 2 heterocycles. The maximum Gasteiger partial charge on any atom is 2.00 e. The van der Waals surface area contributed by atoms with Gasteiger partial charge in [0, 0.05) is 23.8 Å². The Labute approximate surface area is 181 Å². The quantitative estimate of drug-likeness (QED) is 0.246. The molecule has 0 aliphatic rings. The number of hydrogen-bond acceptors (Lipinski definition) is 2. The third-order valence-corrected chi connectivity index (χ3v) is 3.81. The first-order chi connectivity index (χ1) is 13.3. The predicted molar refractivity (Wildman–Crippen MR) is 109 cm³/mol. The predicted octanol–water partition coefficient (Wildman–Crippen LogP) is 5.54. The molecular formula is C25H18N2Pt.